The number of halogens is 2. The molecule has 0 aromatic heterocycles. The van der Waals surface area contributed by atoms with Gasteiger partial charge in [-0.3, -0.25) is 14.6 Å². The van der Waals surface area contributed by atoms with Crippen molar-refractivity contribution < 1.29 is 18.7 Å². The molecule has 0 amide bonds. The molecule has 2 aromatic rings. The zero-order valence-corrected chi connectivity index (χ0v) is 14.8. The van der Waals surface area contributed by atoms with E-state index in [1.54, 1.807) is 25.1 Å². The van der Waals surface area contributed by atoms with E-state index in [4.69, 9.17) is 0 Å². The Morgan fingerprint density at radius 1 is 1.00 bits per heavy atom. The summed E-state index contributed by atoms with van der Waals surface area (Å²) in [5.74, 6) is -0.930. The number of carbonyl (C=O) groups is 1. The van der Waals surface area contributed by atoms with Crippen molar-refractivity contribution in [3.8, 4) is 0 Å². The van der Waals surface area contributed by atoms with Gasteiger partial charge in [-0.1, -0.05) is 42.0 Å². The Balaban J connectivity index is 2.16. The summed E-state index contributed by atoms with van der Waals surface area (Å²) in [5.41, 5.74) is 3.83. The van der Waals surface area contributed by atoms with Crippen molar-refractivity contribution >= 4 is 22.9 Å². The first-order valence-corrected chi connectivity index (χ1v) is 8.20. The molecular weight excluding hydrogens is 338 g/mol. The molecule has 3 rings (SSSR count). The topological polar surface area (TPSA) is 43.8 Å². The monoisotopic (exact) mass is 358 g/mol. The first-order valence-electron chi connectivity index (χ1n) is 8.20. The van der Waals surface area contributed by atoms with E-state index in [0.717, 1.165) is 20.9 Å². The predicted octanol–water partition coefficient (Wildman–Crippen LogP) is 4.42. The summed E-state index contributed by atoms with van der Waals surface area (Å²) >= 11 is 0. The van der Waals surface area contributed by atoms with Gasteiger partial charge in [0.15, 0.2) is 0 Å². The van der Waals surface area contributed by atoms with Gasteiger partial charge >= 0.3 is 12.1 Å². The van der Waals surface area contributed by atoms with Crippen LogP contribution in [-0.4, -0.2) is 31.3 Å². The molecule has 0 atom stereocenters. The van der Waals surface area contributed by atoms with Crippen molar-refractivity contribution in [1.82, 2.24) is 0 Å². The molecule has 4 nitrogen and oxygen atoms in total. The maximum atomic E-state index is 14.3. The van der Waals surface area contributed by atoms with E-state index < -0.39 is 12.1 Å². The third-order valence-corrected chi connectivity index (χ3v) is 4.70. The minimum absolute atomic E-state index is 0.118. The van der Waals surface area contributed by atoms with Gasteiger partial charge in [0.25, 0.3) is 0 Å². The molecule has 0 aliphatic carbocycles. The van der Waals surface area contributed by atoms with Crippen molar-refractivity contribution in [2.24, 2.45) is 0 Å². The molecule has 0 spiro atoms. The minimum atomic E-state index is -3.10. The second-order valence-electron chi connectivity index (χ2n) is 6.42. The van der Waals surface area contributed by atoms with Crippen molar-refractivity contribution in [1.29, 1.82) is 0 Å². The van der Waals surface area contributed by atoms with Crippen LogP contribution in [0, 0.1) is 0 Å². The number of hydrogen-bond donors (Lipinski definition) is 1. The molecule has 0 saturated heterocycles. The maximum absolute atomic E-state index is 14.3. The van der Waals surface area contributed by atoms with Gasteiger partial charge in [0.1, 0.15) is 0 Å². The average Bonchev–Trinajstić information content (AvgIpc) is 2.76. The third-order valence-electron chi connectivity index (χ3n) is 4.70. The van der Waals surface area contributed by atoms with Gasteiger partial charge in [-0.25, -0.2) is 0 Å². The van der Waals surface area contributed by atoms with E-state index in [1.165, 1.54) is 14.1 Å². The van der Waals surface area contributed by atoms with Crippen LogP contribution in [0.25, 0.3) is 5.57 Å². The van der Waals surface area contributed by atoms with E-state index in [9.17, 15) is 18.7 Å². The number of carboxylic acid groups (broad SMARTS) is 1. The summed E-state index contributed by atoms with van der Waals surface area (Å²) < 4.78 is 28.5. The van der Waals surface area contributed by atoms with Gasteiger partial charge in [-0.15, -0.1) is 0 Å². The van der Waals surface area contributed by atoms with Gasteiger partial charge in [0, 0.05) is 14.1 Å². The second kappa shape index (κ2) is 6.44. The number of fused-ring (bicyclic) bond motifs is 1. The highest BCUT2D eigenvalue weighted by Crippen LogP contribution is 2.46. The Kier molecular flexibility index (Phi) is 4.44. The molecule has 1 heterocycles. The van der Waals surface area contributed by atoms with Crippen LogP contribution in [0.2, 0.25) is 0 Å². The fourth-order valence-corrected chi connectivity index (χ4v) is 3.33. The van der Waals surface area contributed by atoms with Crippen LogP contribution >= 0.6 is 0 Å². The van der Waals surface area contributed by atoms with E-state index in [2.05, 4.69) is 0 Å². The lowest BCUT2D eigenvalue weighted by Gasteiger charge is -2.26. The number of carboxylic acids is 1. The van der Waals surface area contributed by atoms with Crippen LogP contribution in [-0.2, 0) is 4.79 Å². The predicted molar refractivity (Wildman–Crippen MR) is 98.6 cm³/mol. The van der Waals surface area contributed by atoms with Crippen LogP contribution in [0.1, 0.15) is 24.5 Å². The number of nitrogens with zero attached hydrogens (tertiary/aromatic N) is 2. The lowest BCUT2D eigenvalue weighted by molar-refractivity contribution is -0.136. The van der Waals surface area contributed by atoms with Gasteiger partial charge in [0.2, 0.25) is 0 Å². The van der Waals surface area contributed by atoms with E-state index in [0.29, 0.717) is 22.5 Å². The van der Waals surface area contributed by atoms with Crippen molar-refractivity contribution in [3.05, 3.63) is 65.2 Å². The highest BCUT2D eigenvalue weighted by molar-refractivity contribution is 5.89. The van der Waals surface area contributed by atoms with E-state index >= 15 is 0 Å². The van der Waals surface area contributed by atoms with Crippen LogP contribution in [0.3, 0.4) is 0 Å². The van der Waals surface area contributed by atoms with Crippen LogP contribution in [0.5, 0.6) is 0 Å². The van der Waals surface area contributed by atoms with Crippen molar-refractivity contribution in [2.75, 3.05) is 23.9 Å². The molecule has 0 bridgehead atoms. The fraction of sp³-hybridized carbons (Fsp3) is 0.250. The summed E-state index contributed by atoms with van der Waals surface area (Å²) in [7, 11) is 2.70. The largest absolute Gasteiger partial charge is 0.481 e. The molecule has 0 radical (unpaired) electrons. The Labute approximate surface area is 151 Å². The van der Waals surface area contributed by atoms with E-state index in [1.807, 2.05) is 30.3 Å². The van der Waals surface area contributed by atoms with Crippen molar-refractivity contribution in [2.45, 2.75) is 19.5 Å². The summed E-state index contributed by atoms with van der Waals surface area (Å²) in [4.78, 5) is 13.1. The zero-order valence-electron chi connectivity index (χ0n) is 14.8. The first-order chi connectivity index (χ1) is 12.2. The normalized spacial score (nSPS) is 16.3. The maximum Gasteiger partial charge on any atom is 0.413 e. The Morgan fingerprint density at radius 3 is 2.23 bits per heavy atom. The SMILES string of the molecule is C/C(CC(=O)O)=C(\c1ccccc1)c1ccc2c(c1)N(C)C(F)(F)N2C. The summed E-state index contributed by atoms with van der Waals surface area (Å²) in [6.45, 7) is 1.76. The Morgan fingerprint density at radius 2 is 1.62 bits per heavy atom. The molecule has 136 valence electrons. The average molecular weight is 358 g/mol. The standard InChI is InChI=1S/C20H20F2N2O2/c1-13(11-18(25)26)19(14-7-5-4-6-8-14)15-9-10-16-17(12-15)24(3)20(21,22)23(16)2/h4-10,12H,11H2,1-3H3,(H,25,26)/b19-13-. The molecule has 2 aromatic carbocycles. The lowest BCUT2D eigenvalue weighted by atomic mass is 9.91. The number of benzene rings is 2. The number of hydrogen-bond acceptors (Lipinski definition) is 3. The Bertz CT molecular complexity index is 879. The lowest BCUT2D eigenvalue weighted by Crippen LogP contribution is -2.46. The third kappa shape index (κ3) is 2.92. The first kappa shape index (κ1) is 17.9. The van der Waals surface area contributed by atoms with Crippen LogP contribution in [0.4, 0.5) is 20.2 Å². The molecule has 0 unspecified atom stereocenters. The molecule has 26 heavy (non-hydrogen) atoms. The molecule has 0 saturated carbocycles. The molecule has 1 aliphatic heterocycles. The van der Waals surface area contributed by atoms with Crippen molar-refractivity contribution in [3.63, 3.8) is 0 Å². The van der Waals surface area contributed by atoms with Gasteiger partial charge in [-0.05, 0) is 35.8 Å². The molecular formula is C20H20F2N2O2. The quantitative estimate of drug-likeness (QED) is 0.822. The number of anilines is 2. The highest BCUT2D eigenvalue weighted by atomic mass is 19.3. The summed E-state index contributed by atoms with van der Waals surface area (Å²) in [5, 5.41) is 9.18. The second-order valence-corrected chi connectivity index (χ2v) is 6.42. The van der Waals surface area contributed by atoms with Gasteiger partial charge in [-0.2, -0.15) is 8.78 Å². The smallest absolute Gasteiger partial charge is 0.413 e. The highest BCUT2D eigenvalue weighted by Gasteiger charge is 2.47. The molecule has 0 fully saturated rings. The molecule has 1 N–H and O–H groups in total. The molecule has 1 aliphatic rings. The van der Waals surface area contributed by atoms with Crippen LogP contribution in [0.15, 0.2) is 54.1 Å². The number of alkyl halides is 2. The Hall–Kier alpha value is -2.89. The fourth-order valence-electron chi connectivity index (χ4n) is 3.33. The minimum Gasteiger partial charge on any atom is -0.481 e. The van der Waals surface area contributed by atoms with E-state index in [-0.39, 0.29) is 6.42 Å². The zero-order chi connectivity index (χ0) is 19.1. The molecule has 6 heteroatoms. The summed E-state index contributed by atoms with van der Waals surface area (Å²) in [6.07, 6.45) is -3.22. The summed E-state index contributed by atoms with van der Waals surface area (Å²) in [6, 6.07) is 14.5. The number of aliphatic carboxylic acids is 1. The van der Waals surface area contributed by atoms with Gasteiger partial charge in [0.05, 0.1) is 17.8 Å². The van der Waals surface area contributed by atoms with Gasteiger partial charge < -0.3 is 5.11 Å². The number of rotatable bonds is 4. The van der Waals surface area contributed by atoms with Crippen LogP contribution < -0.4 is 9.80 Å².